The largest absolute Gasteiger partial charge is 0.434 e. The third-order valence-electron chi connectivity index (χ3n) is 4.83. The van der Waals surface area contributed by atoms with E-state index in [1.807, 2.05) is 26.1 Å². The Balaban J connectivity index is 1.52. The minimum atomic E-state index is -0.564. The molecule has 0 bridgehead atoms. The van der Waals surface area contributed by atoms with Gasteiger partial charge in [0.05, 0.1) is 11.6 Å². The number of nitrogens with one attached hydrogen (secondary N) is 1. The number of aromatic amines is 1. The van der Waals surface area contributed by atoms with Gasteiger partial charge in [-0.3, -0.25) is 4.79 Å². The zero-order valence-corrected chi connectivity index (χ0v) is 15.4. The van der Waals surface area contributed by atoms with Crippen LogP contribution in [-0.2, 0) is 7.05 Å². The molecule has 0 aliphatic carbocycles. The number of piperidine rings is 1. The van der Waals surface area contributed by atoms with E-state index in [9.17, 15) is 9.59 Å². The molecule has 0 radical (unpaired) electrons. The Morgan fingerprint density at radius 3 is 2.96 bits per heavy atom. The van der Waals surface area contributed by atoms with Gasteiger partial charge in [0.1, 0.15) is 10.7 Å². The molecule has 1 aliphatic rings. The van der Waals surface area contributed by atoms with Crippen molar-refractivity contribution in [1.29, 1.82) is 0 Å². The molecule has 1 unspecified atom stereocenters. The summed E-state index contributed by atoms with van der Waals surface area (Å²) >= 11 is 1.47. The second-order valence-electron chi connectivity index (χ2n) is 6.50. The lowest BCUT2D eigenvalue weighted by atomic mass is 9.98. The van der Waals surface area contributed by atoms with E-state index in [0.717, 1.165) is 29.2 Å². The van der Waals surface area contributed by atoms with Crippen molar-refractivity contribution in [2.75, 3.05) is 13.1 Å². The van der Waals surface area contributed by atoms with Crippen LogP contribution < -0.4 is 5.76 Å². The first-order valence-corrected chi connectivity index (χ1v) is 9.34. The third kappa shape index (κ3) is 2.98. The number of hydrogen-bond acceptors (Lipinski definition) is 6. The first kappa shape index (κ1) is 16.8. The number of aryl methyl sites for hydroxylation is 1. The minimum Gasteiger partial charge on any atom is -0.392 e. The lowest BCUT2D eigenvalue weighted by Crippen LogP contribution is -2.39. The maximum Gasteiger partial charge on any atom is 0.434 e. The predicted molar refractivity (Wildman–Crippen MR) is 96.3 cm³/mol. The zero-order valence-electron chi connectivity index (χ0n) is 14.6. The van der Waals surface area contributed by atoms with Crippen LogP contribution in [0, 0.1) is 6.92 Å². The van der Waals surface area contributed by atoms with Crippen LogP contribution in [0.5, 0.6) is 0 Å². The molecule has 9 heteroatoms. The molecule has 4 heterocycles. The standard InChI is InChI=1S/C17H19N5O3S/c1-10-5-6-13(21(10)2)15-18-12(9-26-15)16(23)22-7-3-4-11(8-22)14-19-20-17(24)25-14/h5-6,9,11H,3-4,7-8H2,1-2H3,(H,20,24). The molecule has 3 aromatic heterocycles. The van der Waals surface area contributed by atoms with Gasteiger partial charge in [-0.1, -0.05) is 0 Å². The zero-order chi connectivity index (χ0) is 18.3. The Morgan fingerprint density at radius 1 is 1.42 bits per heavy atom. The Hall–Kier alpha value is -2.68. The summed E-state index contributed by atoms with van der Waals surface area (Å²) < 4.78 is 7.12. The molecule has 1 amide bonds. The average Bonchev–Trinajstić information content (AvgIpc) is 3.36. The smallest absolute Gasteiger partial charge is 0.392 e. The van der Waals surface area contributed by atoms with Crippen LogP contribution in [0.2, 0.25) is 0 Å². The Morgan fingerprint density at radius 2 is 2.27 bits per heavy atom. The van der Waals surface area contributed by atoms with E-state index >= 15 is 0 Å². The van der Waals surface area contributed by atoms with Crippen LogP contribution in [0.25, 0.3) is 10.7 Å². The van der Waals surface area contributed by atoms with Crippen molar-refractivity contribution in [3.05, 3.63) is 45.3 Å². The van der Waals surface area contributed by atoms with Gasteiger partial charge in [-0.15, -0.1) is 16.4 Å². The van der Waals surface area contributed by atoms with Gasteiger partial charge >= 0.3 is 5.76 Å². The molecule has 1 saturated heterocycles. The summed E-state index contributed by atoms with van der Waals surface area (Å²) in [6.45, 7) is 3.17. The summed E-state index contributed by atoms with van der Waals surface area (Å²) in [5, 5.41) is 8.82. The second-order valence-corrected chi connectivity index (χ2v) is 7.36. The Bertz CT molecular complexity index is 998. The quantitative estimate of drug-likeness (QED) is 0.759. The topological polar surface area (TPSA) is 97.0 Å². The van der Waals surface area contributed by atoms with E-state index in [1.165, 1.54) is 11.3 Å². The highest BCUT2D eigenvalue weighted by molar-refractivity contribution is 7.13. The Labute approximate surface area is 153 Å². The van der Waals surface area contributed by atoms with Crippen molar-refractivity contribution in [2.24, 2.45) is 7.05 Å². The van der Waals surface area contributed by atoms with Gasteiger partial charge in [0, 0.05) is 31.2 Å². The molecule has 0 spiro atoms. The SMILES string of the molecule is Cc1ccc(-c2nc(C(=O)N3CCCC(c4n[nH]c(=O)o4)C3)cs2)n1C. The van der Waals surface area contributed by atoms with Crippen LogP contribution in [0.4, 0.5) is 0 Å². The maximum absolute atomic E-state index is 12.9. The minimum absolute atomic E-state index is 0.0692. The number of carbonyl (C=O) groups is 1. The van der Waals surface area contributed by atoms with Gasteiger partial charge in [-0.25, -0.2) is 14.9 Å². The third-order valence-corrected chi connectivity index (χ3v) is 5.69. The first-order valence-electron chi connectivity index (χ1n) is 8.46. The fourth-order valence-electron chi connectivity index (χ4n) is 3.26. The van der Waals surface area contributed by atoms with E-state index in [1.54, 1.807) is 10.3 Å². The summed E-state index contributed by atoms with van der Waals surface area (Å²) in [5.41, 5.74) is 2.59. The fraction of sp³-hybridized carbons (Fsp3) is 0.412. The molecule has 4 rings (SSSR count). The maximum atomic E-state index is 12.9. The number of H-pyrrole nitrogens is 1. The van der Waals surface area contributed by atoms with E-state index in [4.69, 9.17) is 4.42 Å². The summed E-state index contributed by atoms with van der Waals surface area (Å²) in [4.78, 5) is 30.3. The van der Waals surface area contributed by atoms with Crippen molar-refractivity contribution < 1.29 is 9.21 Å². The Kier molecular flexibility index (Phi) is 4.23. The van der Waals surface area contributed by atoms with Crippen LogP contribution >= 0.6 is 11.3 Å². The summed E-state index contributed by atoms with van der Waals surface area (Å²) in [5.74, 6) is -0.363. The molecule has 1 aliphatic heterocycles. The monoisotopic (exact) mass is 373 g/mol. The van der Waals surface area contributed by atoms with Gasteiger partial charge in [-0.2, -0.15) is 0 Å². The number of thiazole rings is 1. The number of amides is 1. The number of likely N-dealkylation sites (tertiary alicyclic amines) is 1. The molecular formula is C17H19N5O3S. The highest BCUT2D eigenvalue weighted by atomic mass is 32.1. The van der Waals surface area contributed by atoms with Crippen LogP contribution in [-0.4, -0.2) is 43.6 Å². The molecule has 136 valence electrons. The van der Waals surface area contributed by atoms with Crippen LogP contribution in [0.3, 0.4) is 0 Å². The summed E-state index contributed by atoms with van der Waals surface area (Å²) in [7, 11) is 1.99. The second kappa shape index (κ2) is 6.56. The van der Waals surface area contributed by atoms with Crippen LogP contribution in [0.15, 0.2) is 26.7 Å². The van der Waals surface area contributed by atoms with E-state index < -0.39 is 5.76 Å². The molecule has 3 aromatic rings. The normalized spacial score (nSPS) is 17.6. The lowest BCUT2D eigenvalue weighted by molar-refractivity contribution is 0.0692. The molecule has 1 atom stereocenters. The molecule has 8 nitrogen and oxygen atoms in total. The van der Waals surface area contributed by atoms with Crippen molar-refractivity contribution in [1.82, 2.24) is 24.6 Å². The molecule has 0 saturated carbocycles. The van der Waals surface area contributed by atoms with Gasteiger partial charge in [0.25, 0.3) is 5.91 Å². The highest BCUT2D eigenvalue weighted by Gasteiger charge is 2.29. The van der Waals surface area contributed by atoms with Crippen molar-refractivity contribution in [2.45, 2.75) is 25.7 Å². The summed E-state index contributed by atoms with van der Waals surface area (Å²) in [6, 6.07) is 4.05. The summed E-state index contributed by atoms with van der Waals surface area (Å²) in [6.07, 6.45) is 1.67. The van der Waals surface area contributed by atoms with Gasteiger partial charge in [-0.05, 0) is 31.9 Å². The number of rotatable bonds is 3. The van der Waals surface area contributed by atoms with E-state index in [0.29, 0.717) is 24.7 Å². The first-order chi connectivity index (χ1) is 12.5. The molecular weight excluding hydrogens is 354 g/mol. The highest BCUT2D eigenvalue weighted by Crippen LogP contribution is 2.28. The molecule has 26 heavy (non-hydrogen) atoms. The van der Waals surface area contributed by atoms with Crippen molar-refractivity contribution >= 4 is 17.2 Å². The van der Waals surface area contributed by atoms with Crippen LogP contribution in [0.1, 0.15) is 40.8 Å². The molecule has 0 aromatic carbocycles. The van der Waals surface area contributed by atoms with E-state index in [2.05, 4.69) is 19.7 Å². The molecule has 1 N–H and O–H groups in total. The van der Waals surface area contributed by atoms with E-state index in [-0.39, 0.29) is 11.8 Å². The van der Waals surface area contributed by atoms with Crippen molar-refractivity contribution in [3.8, 4) is 10.7 Å². The van der Waals surface area contributed by atoms with Gasteiger partial charge in [0.2, 0.25) is 5.89 Å². The lowest BCUT2D eigenvalue weighted by Gasteiger charge is -2.30. The number of aromatic nitrogens is 4. The number of nitrogens with zero attached hydrogens (tertiary/aromatic N) is 4. The number of hydrogen-bond donors (Lipinski definition) is 1. The van der Waals surface area contributed by atoms with Gasteiger partial charge < -0.3 is 13.9 Å². The fourth-order valence-corrected chi connectivity index (χ4v) is 4.11. The number of carbonyl (C=O) groups excluding carboxylic acids is 1. The van der Waals surface area contributed by atoms with Crippen molar-refractivity contribution in [3.63, 3.8) is 0 Å². The van der Waals surface area contributed by atoms with Gasteiger partial charge in [0.15, 0.2) is 0 Å². The molecule has 1 fully saturated rings. The predicted octanol–water partition coefficient (Wildman–Crippen LogP) is 2.15. The average molecular weight is 373 g/mol.